The summed E-state index contributed by atoms with van der Waals surface area (Å²) in [6.07, 6.45) is 0.992. The van der Waals surface area contributed by atoms with Crippen molar-refractivity contribution < 1.29 is 17.9 Å². The monoisotopic (exact) mass is 282 g/mol. The van der Waals surface area contributed by atoms with Crippen LogP contribution in [-0.4, -0.2) is 46.3 Å². The van der Waals surface area contributed by atoms with E-state index in [1.807, 2.05) is 0 Å². The lowest BCUT2D eigenvalue weighted by Gasteiger charge is -2.17. The van der Waals surface area contributed by atoms with E-state index < -0.39 is 15.8 Å². The van der Waals surface area contributed by atoms with Crippen molar-refractivity contribution in [3.63, 3.8) is 0 Å². The van der Waals surface area contributed by atoms with Gasteiger partial charge in [0.25, 0.3) is 10.0 Å². The summed E-state index contributed by atoms with van der Waals surface area (Å²) in [6, 6.07) is 2.84. The molecule has 102 valence electrons. The fourth-order valence-electron chi connectivity index (χ4n) is 1.69. The Labute approximate surface area is 114 Å². The third-order valence-electron chi connectivity index (χ3n) is 2.60. The topological polar surface area (TPSA) is 77.5 Å². The van der Waals surface area contributed by atoms with Gasteiger partial charge in [0.1, 0.15) is 7.85 Å². The number of hydrogen-bond donors (Lipinski definition) is 1. The Kier molecular flexibility index (Phi) is 3.96. The minimum absolute atomic E-state index is 0.0696. The second-order valence-electron chi connectivity index (χ2n) is 4.73. The summed E-state index contributed by atoms with van der Waals surface area (Å²) >= 11 is 0. The Morgan fingerprint density at radius 3 is 2.79 bits per heavy atom. The third-order valence-corrected chi connectivity index (χ3v) is 3.94. The van der Waals surface area contributed by atoms with Crippen LogP contribution >= 0.6 is 0 Å². The number of sulfonamides is 1. The molecule has 6 nitrogen and oxygen atoms in total. The van der Waals surface area contributed by atoms with Crippen molar-refractivity contribution in [3.05, 3.63) is 18.3 Å². The molecule has 1 atom stereocenters. The van der Waals surface area contributed by atoms with Crippen LogP contribution in [-0.2, 0) is 19.5 Å². The molecule has 2 radical (unpaired) electrons. The zero-order valence-electron chi connectivity index (χ0n) is 10.8. The van der Waals surface area contributed by atoms with E-state index in [2.05, 4.69) is 9.71 Å². The summed E-state index contributed by atoms with van der Waals surface area (Å²) in [5.41, 5.74) is 0.410. The number of hydrogen-bond acceptors (Lipinski definition) is 5. The molecule has 2 rings (SSSR count). The summed E-state index contributed by atoms with van der Waals surface area (Å²) in [7, 11) is 1.81. The van der Waals surface area contributed by atoms with E-state index in [0.29, 0.717) is 12.1 Å². The molecule has 1 unspecified atom stereocenters. The summed E-state index contributed by atoms with van der Waals surface area (Å²) in [5.74, 6) is -0.671. The molecule has 1 aliphatic heterocycles. The van der Waals surface area contributed by atoms with Crippen LogP contribution < -0.4 is 10.2 Å². The first kappa shape index (κ1) is 14.5. The first-order valence-corrected chi connectivity index (χ1v) is 7.30. The van der Waals surface area contributed by atoms with Gasteiger partial charge in [0, 0.05) is 12.7 Å². The van der Waals surface area contributed by atoms with Crippen LogP contribution in [0.1, 0.15) is 13.8 Å². The first-order valence-electron chi connectivity index (χ1n) is 5.81. The summed E-state index contributed by atoms with van der Waals surface area (Å²) < 4.78 is 37.2. The third kappa shape index (κ3) is 3.76. The van der Waals surface area contributed by atoms with Gasteiger partial charge in [0.15, 0.2) is 10.8 Å². The molecule has 0 amide bonds. The number of nitrogens with one attached hydrogen (secondary N) is 1. The molecule has 1 aromatic rings. The molecule has 1 saturated heterocycles. The minimum Gasteiger partial charge on any atom is -0.348 e. The lowest BCUT2D eigenvalue weighted by Crippen LogP contribution is -2.35. The molecule has 0 bridgehead atoms. The van der Waals surface area contributed by atoms with Gasteiger partial charge in [-0.15, -0.1) is 0 Å². The van der Waals surface area contributed by atoms with Gasteiger partial charge >= 0.3 is 0 Å². The Bertz CT molecular complexity index is 544. The largest absolute Gasteiger partial charge is 0.348 e. The fourth-order valence-corrected chi connectivity index (χ4v) is 2.68. The number of rotatable bonds is 4. The average molecular weight is 282 g/mol. The van der Waals surface area contributed by atoms with Gasteiger partial charge in [-0.2, -0.15) is 0 Å². The first-order chi connectivity index (χ1) is 8.78. The molecular formula is C11H15BN2O4S. The van der Waals surface area contributed by atoms with Gasteiger partial charge in [-0.3, -0.25) is 0 Å². The SMILES string of the molecule is [B]c1ccc(S(=O)(=O)NCC2COC(C)(C)O2)nc1. The molecule has 0 aromatic carbocycles. The van der Waals surface area contributed by atoms with Crippen LogP contribution in [0.3, 0.4) is 0 Å². The van der Waals surface area contributed by atoms with Crippen molar-refractivity contribution in [2.24, 2.45) is 0 Å². The molecular weight excluding hydrogens is 267 g/mol. The average Bonchev–Trinajstić information content (AvgIpc) is 2.67. The van der Waals surface area contributed by atoms with Crippen LogP contribution in [0.5, 0.6) is 0 Å². The minimum atomic E-state index is -3.65. The van der Waals surface area contributed by atoms with Crippen LogP contribution in [0.15, 0.2) is 23.4 Å². The molecule has 1 aliphatic rings. The quantitative estimate of drug-likeness (QED) is 0.739. The zero-order valence-corrected chi connectivity index (χ0v) is 11.6. The molecule has 0 aliphatic carbocycles. The highest BCUT2D eigenvalue weighted by atomic mass is 32.2. The number of aromatic nitrogens is 1. The maximum Gasteiger partial charge on any atom is 0.258 e. The summed E-state index contributed by atoms with van der Waals surface area (Å²) in [5, 5.41) is -0.0696. The van der Waals surface area contributed by atoms with Crippen molar-refractivity contribution in [2.75, 3.05) is 13.2 Å². The highest BCUT2D eigenvalue weighted by Crippen LogP contribution is 2.21. The van der Waals surface area contributed by atoms with Gasteiger partial charge in [0.05, 0.1) is 12.7 Å². The van der Waals surface area contributed by atoms with Crippen molar-refractivity contribution >= 4 is 23.3 Å². The van der Waals surface area contributed by atoms with E-state index in [9.17, 15) is 8.42 Å². The van der Waals surface area contributed by atoms with Crippen molar-refractivity contribution in [1.82, 2.24) is 9.71 Å². The van der Waals surface area contributed by atoms with E-state index in [0.717, 1.165) is 0 Å². The van der Waals surface area contributed by atoms with Crippen LogP contribution in [0.4, 0.5) is 0 Å². The zero-order chi connectivity index (χ0) is 14.1. The fraction of sp³-hybridized carbons (Fsp3) is 0.545. The molecule has 8 heteroatoms. The van der Waals surface area contributed by atoms with Crippen molar-refractivity contribution in [2.45, 2.75) is 30.8 Å². The van der Waals surface area contributed by atoms with Crippen molar-refractivity contribution in [3.8, 4) is 0 Å². The predicted molar refractivity (Wildman–Crippen MR) is 69.7 cm³/mol. The molecule has 0 saturated carbocycles. The van der Waals surface area contributed by atoms with E-state index >= 15 is 0 Å². The number of ether oxygens (including phenoxy) is 2. The maximum absolute atomic E-state index is 12.0. The Morgan fingerprint density at radius 2 is 2.26 bits per heavy atom. The normalized spacial score (nSPS) is 22.5. The second-order valence-corrected chi connectivity index (χ2v) is 6.45. The Balaban J connectivity index is 1.97. The van der Waals surface area contributed by atoms with E-state index in [1.54, 1.807) is 13.8 Å². The molecule has 1 fully saturated rings. The number of pyridine rings is 1. The van der Waals surface area contributed by atoms with Crippen molar-refractivity contribution in [1.29, 1.82) is 0 Å². The van der Waals surface area contributed by atoms with E-state index in [-0.39, 0.29) is 17.7 Å². The molecule has 1 aromatic heterocycles. The molecule has 1 N–H and O–H groups in total. The summed E-state index contributed by atoms with van der Waals surface area (Å²) in [6.45, 7) is 4.05. The highest BCUT2D eigenvalue weighted by Gasteiger charge is 2.33. The number of nitrogens with zero attached hydrogens (tertiary/aromatic N) is 1. The smallest absolute Gasteiger partial charge is 0.258 e. The van der Waals surface area contributed by atoms with Gasteiger partial charge in [-0.25, -0.2) is 18.1 Å². The molecule has 19 heavy (non-hydrogen) atoms. The van der Waals surface area contributed by atoms with Gasteiger partial charge in [0.2, 0.25) is 0 Å². The van der Waals surface area contributed by atoms with Crippen LogP contribution in [0.2, 0.25) is 0 Å². The Morgan fingerprint density at radius 1 is 1.53 bits per heavy atom. The van der Waals surface area contributed by atoms with Gasteiger partial charge in [-0.1, -0.05) is 11.5 Å². The standard InChI is InChI=1S/C11H15BN2O4S/c1-11(2)17-7-9(18-11)6-14-19(15,16)10-4-3-8(12)5-13-10/h3-5,9,14H,6-7H2,1-2H3. The lowest BCUT2D eigenvalue weighted by atomic mass is 9.99. The van der Waals surface area contributed by atoms with Crippen LogP contribution in [0, 0.1) is 0 Å². The molecule has 0 spiro atoms. The van der Waals surface area contributed by atoms with Gasteiger partial charge < -0.3 is 9.47 Å². The molecule has 2 heterocycles. The van der Waals surface area contributed by atoms with Gasteiger partial charge in [-0.05, 0) is 19.9 Å². The highest BCUT2D eigenvalue weighted by molar-refractivity contribution is 7.89. The predicted octanol–water partition coefficient (Wildman–Crippen LogP) is -0.695. The van der Waals surface area contributed by atoms with E-state index in [1.165, 1.54) is 18.3 Å². The van der Waals surface area contributed by atoms with Crippen LogP contribution in [0.25, 0.3) is 0 Å². The van der Waals surface area contributed by atoms with E-state index in [4.69, 9.17) is 17.3 Å². The second kappa shape index (κ2) is 5.20. The maximum atomic E-state index is 12.0. The summed E-state index contributed by atoms with van der Waals surface area (Å²) in [4.78, 5) is 3.78. The Hall–Kier alpha value is -0.955. The lowest BCUT2D eigenvalue weighted by molar-refractivity contribution is -0.137.